The summed E-state index contributed by atoms with van der Waals surface area (Å²) >= 11 is 0. The largest absolute Gasteiger partial charge is 0.460 e. The SMILES string of the molecule is CCC1CCN(CCC(=O)OC(C)(C)C)CC1. The first kappa shape index (κ1) is 14.5. The van der Waals surface area contributed by atoms with Crippen molar-refractivity contribution >= 4 is 5.97 Å². The molecular weight excluding hydrogens is 214 g/mol. The molecule has 0 aromatic heterocycles. The molecule has 1 aliphatic heterocycles. The highest BCUT2D eigenvalue weighted by molar-refractivity contribution is 5.70. The Morgan fingerprint density at radius 1 is 1.29 bits per heavy atom. The van der Waals surface area contributed by atoms with Gasteiger partial charge in [0.2, 0.25) is 0 Å². The Balaban J connectivity index is 2.17. The molecule has 17 heavy (non-hydrogen) atoms. The molecule has 3 nitrogen and oxygen atoms in total. The van der Waals surface area contributed by atoms with E-state index in [4.69, 9.17) is 4.74 Å². The predicted octanol–water partition coefficient (Wildman–Crippen LogP) is 2.84. The molecular formula is C14H27NO2. The molecule has 0 aromatic carbocycles. The van der Waals surface area contributed by atoms with Crippen LogP contribution in [0.15, 0.2) is 0 Å². The molecule has 0 amide bonds. The number of hydrogen-bond acceptors (Lipinski definition) is 3. The van der Waals surface area contributed by atoms with E-state index in [0.717, 1.165) is 25.6 Å². The quantitative estimate of drug-likeness (QED) is 0.709. The smallest absolute Gasteiger partial charge is 0.307 e. The Bertz CT molecular complexity index is 237. The maximum absolute atomic E-state index is 11.6. The Morgan fingerprint density at radius 3 is 2.35 bits per heavy atom. The first-order valence-electron chi connectivity index (χ1n) is 6.85. The number of rotatable bonds is 4. The number of esters is 1. The van der Waals surface area contributed by atoms with E-state index in [2.05, 4.69) is 11.8 Å². The number of hydrogen-bond donors (Lipinski definition) is 0. The van der Waals surface area contributed by atoms with Crippen LogP contribution in [0.5, 0.6) is 0 Å². The third-order valence-corrected chi connectivity index (χ3v) is 3.34. The molecule has 0 N–H and O–H groups in total. The topological polar surface area (TPSA) is 29.5 Å². The average Bonchev–Trinajstić information content (AvgIpc) is 2.25. The van der Waals surface area contributed by atoms with E-state index in [1.165, 1.54) is 19.3 Å². The molecule has 100 valence electrons. The Morgan fingerprint density at radius 2 is 1.88 bits per heavy atom. The molecule has 0 aliphatic carbocycles. The summed E-state index contributed by atoms with van der Waals surface area (Å²) in [4.78, 5) is 14.0. The molecule has 3 heteroatoms. The van der Waals surface area contributed by atoms with E-state index in [1.54, 1.807) is 0 Å². The lowest BCUT2D eigenvalue weighted by atomic mass is 9.94. The lowest BCUT2D eigenvalue weighted by Crippen LogP contribution is -2.36. The maximum atomic E-state index is 11.6. The first-order chi connectivity index (χ1) is 7.90. The van der Waals surface area contributed by atoms with Gasteiger partial charge in [-0.2, -0.15) is 0 Å². The van der Waals surface area contributed by atoms with Crippen LogP contribution >= 0.6 is 0 Å². The van der Waals surface area contributed by atoms with Crippen LogP contribution in [0.4, 0.5) is 0 Å². The fraction of sp³-hybridized carbons (Fsp3) is 0.929. The van der Waals surface area contributed by atoms with Crippen molar-refractivity contribution in [2.24, 2.45) is 5.92 Å². The van der Waals surface area contributed by atoms with Gasteiger partial charge in [0.05, 0.1) is 6.42 Å². The van der Waals surface area contributed by atoms with Gasteiger partial charge < -0.3 is 9.64 Å². The van der Waals surface area contributed by atoms with E-state index >= 15 is 0 Å². The molecule has 0 spiro atoms. The van der Waals surface area contributed by atoms with Crippen LogP contribution in [0.2, 0.25) is 0 Å². The number of ether oxygens (including phenoxy) is 1. The third kappa shape index (κ3) is 6.06. The van der Waals surface area contributed by atoms with E-state index in [9.17, 15) is 4.79 Å². The molecule has 0 radical (unpaired) electrons. The van der Waals surface area contributed by atoms with Gasteiger partial charge in [0.25, 0.3) is 0 Å². The van der Waals surface area contributed by atoms with Crippen molar-refractivity contribution in [1.29, 1.82) is 0 Å². The van der Waals surface area contributed by atoms with Gasteiger partial charge in [0, 0.05) is 6.54 Å². The second kappa shape index (κ2) is 6.39. The minimum absolute atomic E-state index is 0.0740. The maximum Gasteiger partial charge on any atom is 0.307 e. The number of carbonyl (C=O) groups excluding carboxylic acids is 1. The van der Waals surface area contributed by atoms with Crippen molar-refractivity contribution in [3.63, 3.8) is 0 Å². The highest BCUT2D eigenvalue weighted by atomic mass is 16.6. The lowest BCUT2D eigenvalue weighted by Gasteiger charge is -2.31. The Kier molecular flexibility index (Phi) is 5.44. The number of likely N-dealkylation sites (tertiary alicyclic amines) is 1. The zero-order chi connectivity index (χ0) is 12.9. The monoisotopic (exact) mass is 241 g/mol. The summed E-state index contributed by atoms with van der Waals surface area (Å²) in [6.07, 6.45) is 4.38. The summed E-state index contributed by atoms with van der Waals surface area (Å²) in [6, 6.07) is 0. The van der Waals surface area contributed by atoms with Crippen molar-refractivity contribution in [1.82, 2.24) is 4.90 Å². The van der Waals surface area contributed by atoms with Crippen LogP contribution < -0.4 is 0 Å². The summed E-state index contributed by atoms with van der Waals surface area (Å²) < 4.78 is 5.31. The van der Waals surface area contributed by atoms with Crippen LogP contribution in [0, 0.1) is 5.92 Å². The second-order valence-corrected chi connectivity index (χ2v) is 6.03. The number of carbonyl (C=O) groups is 1. The summed E-state index contributed by atoms with van der Waals surface area (Å²) in [5.74, 6) is 0.822. The molecule has 1 rings (SSSR count). The summed E-state index contributed by atoms with van der Waals surface area (Å²) in [5.41, 5.74) is -0.355. The summed E-state index contributed by atoms with van der Waals surface area (Å²) in [5, 5.41) is 0. The summed E-state index contributed by atoms with van der Waals surface area (Å²) in [6.45, 7) is 11.1. The molecule has 0 saturated carbocycles. The van der Waals surface area contributed by atoms with Gasteiger partial charge in [-0.15, -0.1) is 0 Å². The molecule has 1 fully saturated rings. The fourth-order valence-electron chi connectivity index (χ4n) is 2.26. The molecule has 0 aromatic rings. The standard InChI is InChI=1S/C14H27NO2/c1-5-12-6-9-15(10-7-12)11-8-13(16)17-14(2,3)4/h12H,5-11H2,1-4H3. The Labute approximate surface area is 106 Å². The van der Waals surface area contributed by atoms with E-state index in [-0.39, 0.29) is 11.6 Å². The highest BCUT2D eigenvalue weighted by Crippen LogP contribution is 2.20. The average molecular weight is 241 g/mol. The van der Waals surface area contributed by atoms with Gasteiger partial charge in [-0.25, -0.2) is 0 Å². The van der Waals surface area contributed by atoms with E-state index in [1.807, 2.05) is 20.8 Å². The van der Waals surface area contributed by atoms with Gasteiger partial charge in [-0.05, 0) is 52.6 Å². The van der Waals surface area contributed by atoms with Crippen LogP contribution in [0.1, 0.15) is 53.4 Å². The van der Waals surface area contributed by atoms with Crippen molar-refractivity contribution in [2.45, 2.75) is 59.0 Å². The molecule has 1 saturated heterocycles. The summed E-state index contributed by atoms with van der Waals surface area (Å²) in [7, 11) is 0. The van der Waals surface area contributed by atoms with Crippen molar-refractivity contribution < 1.29 is 9.53 Å². The van der Waals surface area contributed by atoms with Gasteiger partial charge >= 0.3 is 5.97 Å². The number of nitrogens with zero attached hydrogens (tertiary/aromatic N) is 1. The van der Waals surface area contributed by atoms with Crippen LogP contribution in [0.3, 0.4) is 0 Å². The lowest BCUT2D eigenvalue weighted by molar-refractivity contribution is -0.155. The molecule has 0 atom stereocenters. The molecule has 0 unspecified atom stereocenters. The van der Waals surface area contributed by atoms with Gasteiger partial charge in [0.1, 0.15) is 5.60 Å². The van der Waals surface area contributed by atoms with Crippen molar-refractivity contribution in [3.05, 3.63) is 0 Å². The zero-order valence-corrected chi connectivity index (χ0v) is 11.8. The minimum Gasteiger partial charge on any atom is -0.460 e. The van der Waals surface area contributed by atoms with Crippen LogP contribution in [0.25, 0.3) is 0 Å². The van der Waals surface area contributed by atoms with Gasteiger partial charge in [-0.1, -0.05) is 13.3 Å². The highest BCUT2D eigenvalue weighted by Gasteiger charge is 2.20. The normalized spacial score (nSPS) is 19.3. The fourth-order valence-corrected chi connectivity index (χ4v) is 2.26. The molecule has 1 heterocycles. The van der Waals surface area contributed by atoms with E-state index in [0.29, 0.717) is 6.42 Å². The second-order valence-electron chi connectivity index (χ2n) is 6.03. The molecule has 0 bridgehead atoms. The van der Waals surface area contributed by atoms with Crippen molar-refractivity contribution in [2.75, 3.05) is 19.6 Å². The predicted molar refractivity (Wildman–Crippen MR) is 69.9 cm³/mol. The number of piperidine rings is 1. The van der Waals surface area contributed by atoms with Gasteiger partial charge in [-0.3, -0.25) is 4.79 Å². The van der Waals surface area contributed by atoms with Crippen molar-refractivity contribution in [3.8, 4) is 0 Å². The third-order valence-electron chi connectivity index (χ3n) is 3.34. The minimum atomic E-state index is -0.355. The zero-order valence-electron chi connectivity index (χ0n) is 11.8. The first-order valence-corrected chi connectivity index (χ1v) is 6.85. The molecule has 1 aliphatic rings. The Hall–Kier alpha value is -0.570. The van der Waals surface area contributed by atoms with Crippen LogP contribution in [-0.2, 0) is 9.53 Å². The van der Waals surface area contributed by atoms with Gasteiger partial charge in [0.15, 0.2) is 0 Å². The van der Waals surface area contributed by atoms with Crippen LogP contribution in [-0.4, -0.2) is 36.1 Å². The van der Waals surface area contributed by atoms with E-state index < -0.39 is 0 Å².